The van der Waals surface area contributed by atoms with Crippen molar-refractivity contribution in [2.45, 2.75) is 13.8 Å². The summed E-state index contributed by atoms with van der Waals surface area (Å²) in [6.07, 6.45) is 0. The van der Waals surface area contributed by atoms with Gasteiger partial charge in [0, 0.05) is 9.13 Å². The summed E-state index contributed by atoms with van der Waals surface area (Å²) < 4.78 is 0.930. The molecule has 0 unspecified atom stereocenters. The lowest BCUT2D eigenvalue weighted by atomic mass is 10.1. The van der Waals surface area contributed by atoms with Gasteiger partial charge in [-0.05, 0) is 54.1 Å². The maximum atomic E-state index is 11.1. The zero-order valence-electron chi connectivity index (χ0n) is 6.82. The number of Topliss-reactive ketones (excluding diaryl/α,β-unsaturated/α-hetero) is 1. The molecule has 0 N–H and O–H groups in total. The van der Waals surface area contributed by atoms with E-state index in [0.29, 0.717) is 10.6 Å². The van der Waals surface area contributed by atoms with Crippen molar-refractivity contribution in [3.05, 3.63) is 31.9 Å². The number of benzene rings is 1. The van der Waals surface area contributed by atoms with Gasteiger partial charge in [0.2, 0.25) is 0 Å². The van der Waals surface area contributed by atoms with Gasteiger partial charge in [-0.1, -0.05) is 11.6 Å². The zero-order chi connectivity index (χ0) is 9.30. The zero-order valence-corrected chi connectivity index (χ0v) is 9.73. The van der Waals surface area contributed by atoms with Crippen molar-refractivity contribution in [2.75, 3.05) is 0 Å². The predicted molar refractivity (Wildman–Crippen MR) is 58.9 cm³/mol. The Bertz CT molecular complexity index is 334. The fourth-order valence-corrected chi connectivity index (χ4v) is 2.00. The fraction of sp³-hybridized carbons (Fsp3) is 0.222. The van der Waals surface area contributed by atoms with Crippen molar-refractivity contribution in [2.24, 2.45) is 0 Å². The highest BCUT2D eigenvalue weighted by molar-refractivity contribution is 14.1. The average molecular weight is 295 g/mol. The molecule has 0 aliphatic heterocycles. The van der Waals surface area contributed by atoms with Crippen molar-refractivity contribution < 1.29 is 4.79 Å². The topological polar surface area (TPSA) is 17.1 Å². The molecule has 0 bridgehead atoms. The van der Waals surface area contributed by atoms with Crippen molar-refractivity contribution in [3.8, 4) is 0 Å². The van der Waals surface area contributed by atoms with Crippen LogP contribution >= 0.6 is 34.2 Å². The van der Waals surface area contributed by atoms with Gasteiger partial charge in [-0.25, -0.2) is 0 Å². The molecule has 0 aliphatic rings. The molecule has 1 aromatic rings. The third kappa shape index (κ3) is 1.98. The minimum Gasteiger partial charge on any atom is -0.294 e. The molecule has 0 saturated heterocycles. The summed E-state index contributed by atoms with van der Waals surface area (Å²) in [7, 11) is 0. The van der Waals surface area contributed by atoms with Gasteiger partial charge in [0.15, 0.2) is 5.78 Å². The smallest absolute Gasteiger partial charge is 0.161 e. The Hall–Kier alpha value is -0.0900. The van der Waals surface area contributed by atoms with Crippen LogP contribution in [0.3, 0.4) is 0 Å². The Morgan fingerprint density at radius 3 is 2.58 bits per heavy atom. The third-order valence-electron chi connectivity index (χ3n) is 1.55. The molecular formula is C9H8ClIO. The largest absolute Gasteiger partial charge is 0.294 e. The summed E-state index contributed by atoms with van der Waals surface area (Å²) >= 11 is 8.06. The molecule has 0 aliphatic carbocycles. The van der Waals surface area contributed by atoms with Gasteiger partial charge >= 0.3 is 0 Å². The Labute approximate surface area is 90.3 Å². The summed E-state index contributed by atoms with van der Waals surface area (Å²) in [5, 5.41) is 0.564. The summed E-state index contributed by atoms with van der Waals surface area (Å²) in [5.41, 5.74) is 1.68. The van der Waals surface area contributed by atoms with Crippen LogP contribution in [0.1, 0.15) is 22.8 Å². The van der Waals surface area contributed by atoms with E-state index in [2.05, 4.69) is 22.6 Å². The van der Waals surface area contributed by atoms with E-state index in [1.54, 1.807) is 0 Å². The van der Waals surface area contributed by atoms with Crippen LogP contribution in [0.5, 0.6) is 0 Å². The molecule has 0 heterocycles. The molecule has 0 amide bonds. The molecule has 0 radical (unpaired) electrons. The van der Waals surface area contributed by atoms with Crippen molar-refractivity contribution in [1.82, 2.24) is 0 Å². The number of aryl methyl sites for hydroxylation is 1. The van der Waals surface area contributed by atoms with Crippen LogP contribution in [0.25, 0.3) is 0 Å². The van der Waals surface area contributed by atoms with Gasteiger partial charge in [0.25, 0.3) is 0 Å². The van der Waals surface area contributed by atoms with E-state index >= 15 is 0 Å². The Balaban J connectivity index is 3.37. The van der Waals surface area contributed by atoms with E-state index in [-0.39, 0.29) is 5.78 Å². The number of ketones is 1. The fourth-order valence-electron chi connectivity index (χ4n) is 0.981. The first-order valence-corrected chi connectivity index (χ1v) is 4.94. The summed E-state index contributed by atoms with van der Waals surface area (Å²) in [6, 6.07) is 3.77. The van der Waals surface area contributed by atoms with Gasteiger partial charge in [0.1, 0.15) is 0 Å². The number of halogens is 2. The standard InChI is InChI=1S/C9H8ClIO/c1-5-3-7(6(2)12)9(10)8(11)4-5/h3-4H,1-2H3. The van der Waals surface area contributed by atoms with Crippen molar-refractivity contribution >= 4 is 40.0 Å². The van der Waals surface area contributed by atoms with Gasteiger partial charge in [0.05, 0.1) is 5.02 Å². The highest BCUT2D eigenvalue weighted by Gasteiger charge is 2.08. The van der Waals surface area contributed by atoms with Crippen LogP contribution in [0.2, 0.25) is 5.02 Å². The monoisotopic (exact) mass is 294 g/mol. The first kappa shape index (κ1) is 9.99. The molecule has 1 rings (SSSR count). The first-order valence-electron chi connectivity index (χ1n) is 3.49. The molecule has 1 nitrogen and oxygen atoms in total. The van der Waals surface area contributed by atoms with E-state index in [1.807, 2.05) is 19.1 Å². The Kier molecular flexibility index (Phi) is 3.12. The van der Waals surface area contributed by atoms with Crippen molar-refractivity contribution in [1.29, 1.82) is 0 Å². The lowest BCUT2D eigenvalue weighted by Gasteiger charge is -2.03. The molecule has 0 atom stereocenters. The van der Waals surface area contributed by atoms with E-state index in [0.717, 1.165) is 9.13 Å². The van der Waals surface area contributed by atoms with Gasteiger partial charge < -0.3 is 0 Å². The van der Waals surface area contributed by atoms with Crippen LogP contribution in [0.15, 0.2) is 12.1 Å². The molecule has 3 heteroatoms. The third-order valence-corrected chi connectivity index (χ3v) is 3.13. The molecule has 0 saturated carbocycles. The molecule has 0 spiro atoms. The molecule has 0 aromatic heterocycles. The summed E-state index contributed by atoms with van der Waals surface area (Å²) in [5.74, 6) is 0.0154. The maximum Gasteiger partial charge on any atom is 0.161 e. The number of hydrogen-bond acceptors (Lipinski definition) is 1. The lowest BCUT2D eigenvalue weighted by molar-refractivity contribution is 0.101. The number of carbonyl (C=O) groups excluding carboxylic acids is 1. The van der Waals surface area contributed by atoms with Crippen molar-refractivity contribution in [3.63, 3.8) is 0 Å². The number of hydrogen-bond donors (Lipinski definition) is 0. The molecule has 64 valence electrons. The Morgan fingerprint density at radius 2 is 2.08 bits per heavy atom. The van der Waals surface area contributed by atoms with Crippen LogP contribution in [0, 0.1) is 10.5 Å². The summed E-state index contributed by atoms with van der Waals surface area (Å²) in [4.78, 5) is 11.1. The quantitative estimate of drug-likeness (QED) is 0.573. The second-order valence-corrected chi connectivity index (χ2v) is 4.20. The van der Waals surface area contributed by atoms with Crippen LogP contribution in [-0.2, 0) is 0 Å². The second kappa shape index (κ2) is 3.75. The van der Waals surface area contributed by atoms with E-state index < -0.39 is 0 Å². The average Bonchev–Trinajstić information content (AvgIpc) is 1.96. The maximum absolute atomic E-state index is 11.1. The van der Waals surface area contributed by atoms with Gasteiger partial charge in [-0.15, -0.1) is 0 Å². The Morgan fingerprint density at radius 1 is 1.50 bits per heavy atom. The van der Waals surface area contributed by atoms with Gasteiger partial charge in [-0.2, -0.15) is 0 Å². The van der Waals surface area contributed by atoms with E-state index in [9.17, 15) is 4.79 Å². The predicted octanol–water partition coefficient (Wildman–Crippen LogP) is 3.46. The molecule has 1 aromatic carbocycles. The first-order chi connectivity index (χ1) is 5.52. The van der Waals surface area contributed by atoms with Gasteiger partial charge in [-0.3, -0.25) is 4.79 Å². The lowest BCUT2D eigenvalue weighted by Crippen LogP contribution is -1.95. The minimum absolute atomic E-state index is 0.0154. The van der Waals surface area contributed by atoms with Crippen LogP contribution in [0.4, 0.5) is 0 Å². The minimum atomic E-state index is 0.0154. The molecule has 0 fully saturated rings. The highest BCUT2D eigenvalue weighted by Crippen LogP contribution is 2.24. The van der Waals surface area contributed by atoms with E-state index in [1.165, 1.54) is 6.92 Å². The summed E-state index contributed by atoms with van der Waals surface area (Å²) in [6.45, 7) is 3.47. The number of carbonyl (C=O) groups is 1. The molecule has 12 heavy (non-hydrogen) atoms. The van der Waals surface area contributed by atoms with Crippen LogP contribution < -0.4 is 0 Å². The normalized spacial score (nSPS) is 10.0. The second-order valence-electron chi connectivity index (χ2n) is 2.66. The van der Waals surface area contributed by atoms with E-state index in [4.69, 9.17) is 11.6 Å². The molecular weight excluding hydrogens is 286 g/mol. The number of rotatable bonds is 1. The van der Waals surface area contributed by atoms with Crippen LogP contribution in [-0.4, -0.2) is 5.78 Å². The highest BCUT2D eigenvalue weighted by atomic mass is 127. The SMILES string of the molecule is CC(=O)c1cc(C)cc(I)c1Cl.